The van der Waals surface area contributed by atoms with Gasteiger partial charge in [0.25, 0.3) is 0 Å². The van der Waals surface area contributed by atoms with Crippen LogP contribution in [0.2, 0.25) is 0 Å². The highest BCUT2D eigenvalue weighted by Crippen LogP contribution is 2.41. The van der Waals surface area contributed by atoms with E-state index in [0.29, 0.717) is 5.69 Å². The average molecular weight is 469 g/mol. The number of hydrogen-bond acceptors (Lipinski definition) is 2. The fraction of sp³-hybridized carbons (Fsp3) is 0.231. The first kappa shape index (κ1) is 23.5. The number of hydrogen-bond donors (Lipinski definition) is 1. The summed E-state index contributed by atoms with van der Waals surface area (Å²) in [7, 11) is 0. The van der Waals surface area contributed by atoms with E-state index < -0.39 is 17.5 Å². The lowest BCUT2D eigenvalue weighted by molar-refractivity contribution is -0.174. The van der Waals surface area contributed by atoms with Crippen LogP contribution in [0.3, 0.4) is 0 Å². The highest BCUT2D eigenvalue weighted by molar-refractivity contribution is 5.82. The quantitative estimate of drug-likeness (QED) is 0.352. The molecule has 0 aliphatic carbocycles. The molecule has 1 amide bonds. The van der Waals surface area contributed by atoms with Crippen LogP contribution < -0.4 is 5.32 Å². The summed E-state index contributed by atoms with van der Waals surface area (Å²) >= 11 is 0. The zero-order valence-electron chi connectivity index (χ0n) is 18.6. The summed E-state index contributed by atoms with van der Waals surface area (Å²) in [5.41, 5.74) is 2.56. The number of benzene rings is 3. The van der Waals surface area contributed by atoms with E-state index in [4.69, 9.17) is 0 Å². The van der Waals surface area contributed by atoms with Gasteiger partial charge in [-0.25, -0.2) is 9.07 Å². The van der Waals surface area contributed by atoms with E-state index in [0.717, 1.165) is 22.0 Å². The van der Waals surface area contributed by atoms with Crippen LogP contribution in [-0.4, -0.2) is 28.4 Å². The number of alkyl halides is 3. The molecule has 0 aliphatic rings. The van der Waals surface area contributed by atoms with E-state index in [1.54, 1.807) is 23.0 Å². The maximum absolute atomic E-state index is 13.3. The Hall–Kier alpha value is -3.68. The monoisotopic (exact) mass is 469 g/mol. The van der Waals surface area contributed by atoms with Gasteiger partial charge in [-0.3, -0.25) is 4.79 Å². The Morgan fingerprint density at radius 3 is 2.29 bits per heavy atom. The third-order valence-electron chi connectivity index (χ3n) is 5.87. The molecule has 1 atom stereocenters. The van der Waals surface area contributed by atoms with E-state index in [1.165, 1.54) is 12.1 Å². The molecular weight excluding hydrogens is 446 g/mol. The lowest BCUT2D eigenvalue weighted by atomic mass is 9.71. The Labute approximate surface area is 194 Å². The van der Waals surface area contributed by atoms with Gasteiger partial charge >= 0.3 is 12.1 Å². The van der Waals surface area contributed by atoms with Crippen LogP contribution >= 0.6 is 0 Å². The smallest absolute Gasteiger partial charge is 0.348 e. The predicted molar refractivity (Wildman–Crippen MR) is 122 cm³/mol. The van der Waals surface area contributed by atoms with Gasteiger partial charge in [0.05, 0.1) is 17.4 Å². The molecule has 0 unspecified atom stereocenters. The first-order valence-corrected chi connectivity index (χ1v) is 10.7. The highest BCUT2D eigenvalue weighted by atomic mass is 19.4. The van der Waals surface area contributed by atoms with Gasteiger partial charge in [0.15, 0.2) is 0 Å². The standard InChI is InChI=1S/C26H23F4N3O/c1-25(2,16-31-24(34)26(28,29)30)23(17-6-4-3-5-7-17)18-8-13-22-19(14-18)15-32-33(22)21-11-9-20(27)10-12-21/h3-15,23H,16H2,1-2H3,(H,31,34)/t23-/m1/s1. The van der Waals surface area contributed by atoms with Crippen LogP contribution in [-0.2, 0) is 4.79 Å². The molecule has 3 aromatic carbocycles. The number of carbonyl (C=O) groups excluding carboxylic acids is 1. The fourth-order valence-electron chi connectivity index (χ4n) is 4.27. The lowest BCUT2D eigenvalue weighted by Gasteiger charge is -2.35. The molecule has 0 saturated heterocycles. The summed E-state index contributed by atoms with van der Waals surface area (Å²) in [4.78, 5) is 11.5. The number of nitrogens with zero attached hydrogens (tertiary/aromatic N) is 2. The summed E-state index contributed by atoms with van der Waals surface area (Å²) in [6, 6.07) is 21.2. The molecule has 0 saturated carbocycles. The van der Waals surface area contributed by atoms with E-state index in [2.05, 4.69) is 5.10 Å². The van der Waals surface area contributed by atoms with Crippen LogP contribution in [0.15, 0.2) is 79.0 Å². The average Bonchev–Trinajstić information content (AvgIpc) is 3.21. The third kappa shape index (κ3) is 4.81. The number of rotatable bonds is 6. The second kappa shape index (κ2) is 8.93. The molecule has 8 heteroatoms. The highest BCUT2D eigenvalue weighted by Gasteiger charge is 2.40. The van der Waals surface area contributed by atoms with Crippen LogP contribution in [0, 0.1) is 11.2 Å². The van der Waals surface area contributed by atoms with Gasteiger partial charge in [-0.1, -0.05) is 50.2 Å². The minimum Gasteiger partial charge on any atom is -0.348 e. The van der Waals surface area contributed by atoms with E-state index >= 15 is 0 Å². The molecule has 1 aromatic heterocycles. The Balaban J connectivity index is 1.72. The maximum atomic E-state index is 13.3. The number of aromatic nitrogens is 2. The first-order chi connectivity index (χ1) is 16.1. The van der Waals surface area contributed by atoms with Crippen molar-refractivity contribution in [2.75, 3.05) is 6.54 Å². The second-order valence-corrected chi connectivity index (χ2v) is 8.86. The summed E-state index contributed by atoms with van der Waals surface area (Å²) in [6.07, 6.45) is -3.24. The molecule has 0 aliphatic heterocycles. The van der Waals surface area contributed by atoms with E-state index in [-0.39, 0.29) is 18.3 Å². The lowest BCUT2D eigenvalue weighted by Crippen LogP contribution is -2.43. The normalized spacial score (nSPS) is 13.1. The van der Waals surface area contributed by atoms with Gasteiger partial charge in [0, 0.05) is 17.8 Å². The molecular formula is C26H23F4N3O. The van der Waals surface area contributed by atoms with Gasteiger partial charge in [-0.05, 0) is 52.9 Å². The summed E-state index contributed by atoms with van der Waals surface area (Å²) in [5, 5.41) is 7.30. The molecule has 0 spiro atoms. The van der Waals surface area contributed by atoms with Crippen molar-refractivity contribution in [3.63, 3.8) is 0 Å². The van der Waals surface area contributed by atoms with Crippen LogP contribution in [0.5, 0.6) is 0 Å². The van der Waals surface area contributed by atoms with E-state index in [1.807, 2.05) is 67.7 Å². The summed E-state index contributed by atoms with van der Waals surface area (Å²) in [6.45, 7) is 3.48. The van der Waals surface area contributed by atoms with Crippen molar-refractivity contribution < 1.29 is 22.4 Å². The number of carbonyl (C=O) groups is 1. The zero-order chi connectivity index (χ0) is 24.5. The van der Waals surface area contributed by atoms with Crippen molar-refractivity contribution in [1.82, 2.24) is 15.1 Å². The van der Waals surface area contributed by atoms with Crippen LogP contribution in [0.4, 0.5) is 17.6 Å². The van der Waals surface area contributed by atoms with Crippen LogP contribution in [0.25, 0.3) is 16.6 Å². The number of amides is 1. The fourth-order valence-corrected chi connectivity index (χ4v) is 4.27. The van der Waals surface area contributed by atoms with Crippen molar-refractivity contribution in [1.29, 1.82) is 0 Å². The Kier molecular flexibility index (Phi) is 6.17. The van der Waals surface area contributed by atoms with Gasteiger partial charge < -0.3 is 5.32 Å². The van der Waals surface area contributed by atoms with Crippen molar-refractivity contribution >= 4 is 16.8 Å². The largest absolute Gasteiger partial charge is 0.471 e. The van der Waals surface area contributed by atoms with E-state index in [9.17, 15) is 22.4 Å². The molecule has 4 aromatic rings. The second-order valence-electron chi connectivity index (χ2n) is 8.86. The molecule has 34 heavy (non-hydrogen) atoms. The van der Waals surface area contributed by atoms with Crippen molar-refractivity contribution in [2.24, 2.45) is 5.41 Å². The van der Waals surface area contributed by atoms with Crippen molar-refractivity contribution in [3.8, 4) is 5.69 Å². The van der Waals surface area contributed by atoms with Crippen molar-refractivity contribution in [2.45, 2.75) is 25.9 Å². The molecule has 1 N–H and O–H groups in total. The van der Waals surface area contributed by atoms with Gasteiger partial charge in [-0.15, -0.1) is 0 Å². The summed E-state index contributed by atoms with van der Waals surface area (Å²) in [5.74, 6) is -2.60. The molecule has 176 valence electrons. The minimum atomic E-state index is -4.94. The predicted octanol–water partition coefficient (Wildman–Crippen LogP) is 6.00. The number of halogens is 4. The Bertz CT molecular complexity index is 1300. The van der Waals surface area contributed by atoms with Crippen LogP contribution in [0.1, 0.15) is 30.9 Å². The zero-order valence-corrected chi connectivity index (χ0v) is 18.6. The van der Waals surface area contributed by atoms with Crippen molar-refractivity contribution in [3.05, 3.63) is 95.9 Å². The third-order valence-corrected chi connectivity index (χ3v) is 5.87. The summed E-state index contributed by atoms with van der Waals surface area (Å²) < 4.78 is 53.3. The molecule has 4 nitrogen and oxygen atoms in total. The Morgan fingerprint density at radius 2 is 1.65 bits per heavy atom. The molecule has 4 rings (SSSR count). The molecule has 0 bridgehead atoms. The molecule has 0 radical (unpaired) electrons. The SMILES string of the molecule is CC(C)(CNC(=O)C(F)(F)F)[C@H](c1ccccc1)c1ccc2c(cnn2-c2ccc(F)cc2)c1. The topological polar surface area (TPSA) is 46.9 Å². The minimum absolute atomic E-state index is 0.169. The van der Waals surface area contributed by atoms with Gasteiger partial charge in [-0.2, -0.15) is 18.3 Å². The number of fused-ring (bicyclic) bond motifs is 1. The maximum Gasteiger partial charge on any atom is 0.471 e. The Morgan fingerprint density at radius 1 is 0.971 bits per heavy atom. The van der Waals surface area contributed by atoms with Gasteiger partial charge in [0.1, 0.15) is 5.82 Å². The number of nitrogens with one attached hydrogen (secondary N) is 1. The molecule has 1 heterocycles. The first-order valence-electron chi connectivity index (χ1n) is 10.7. The molecule has 0 fully saturated rings. The van der Waals surface area contributed by atoms with Gasteiger partial charge in [0.2, 0.25) is 0 Å².